The molecule has 3 N–H and O–H groups in total. The van der Waals surface area contributed by atoms with Crippen molar-refractivity contribution in [3.05, 3.63) is 70.0 Å². The highest BCUT2D eigenvalue weighted by Crippen LogP contribution is 2.24. The second-order valence-electron chi connectivity index (χ2n) is 5.62. The average Bonchev–Trinajstić information content (AvgIpc) is 2.54. The molecule has 0 aliphatic rings. The zero-order valence-electron chi connectivity index (χ0n) is 13.3. The lowest BCUT2D eigenvalue weighted by Gasteiger charge is -2.08. The van der Waals surface area contributed by atoms with Gasteiger partial charge in [0.2, 0.25) is 0 Å². The summed E-state index contributed by atoms with van der Waals surface area (Å²) in [5.41, 5.74) is 11.2. The smallest absolute Gasteiger partial charge is 0.251 e. The number of benzene rings is 2. The summed E-state index contributed by atoms with van der Waals surface area (Å²) in [6, 6.07) is 15.2. The number of hydrogen-bond acceptors (Lipinski definition) is 3. The first-order chi connectivity index (χ1) is 11.1. The van der Waals surface area contributed by atoms with E-state index >= 15 is 0 Å². The van der Waals surface area contributed by atoms with E-state index in [-0.39, 0.29) is 5.56 Å². The summed E-state index contributed by atoms with van der Waals surface area (Å²) in [5.74, 6) is 0.564. The highest BCUT2D eigenvalue weighted by Gasteiger charge is 2.08. The van der Waals surface area contributed by atoms with E-state index in [1.807, 2.05) is 49.4 Å². The summed E-state index contributed by atoms with van der Waals surface area (Å²) in [6.45, 7) is 4.07. The van der Waals surface area contributed by atoms with Crippen molar-refractivity contribution >= 4 is 5.69 Å². The molecule has 0 aliphatic carbocycles. The van der Waals surface area contributed by atoms with Crippen LogP contribution in [0.25, 0.3) is 22.6 Å². The first-order valence-corrected chi connectivity index (χ1v) is 7.64. The number of anilines is 1. The molecule has 116 valence electrons. The molecule has 23 heavy (non-hydrogen) atoms. The van der Waals surface area contributed by atoms with E-state index in [2.05, 4.69) is 16.9 Å². The minimum absolute atomic E-state index is 0.176. The predicted octanol–water partition coefficient (Wildman–Crippen LogP) is 3.56. The molecule has 0 amide bonds. The number of nitrogens with one attached hydrogen (secondary N) is 1. The summed E-state index contributed by atoms with van der Waals surface area (Å²) in [7, 11) is 0. The lowest BCUT2D eigenvalue weighted by atomic mass is 10.0. The number of nitrogens with two attached hydrogens (primary N) is 1. The minimum Gasteiger partial charge on any atom is -0.398 e. The predicted molar refractivity (Wildman–Crippen MR) is 94.3 cm³/mol. The molecule has 0 unspecified atom stereocenters. The van der Waals surface area contributed by atoms with Crippen LogP contribution < -0.4 is 11.3 Å². The first kappa shape index (κ1) is 15.0. The van der Waals surface area contributed by atoms with E-state index in [4.69, 9.17) is 5.73 Å². The van der Waals surface area contributed by atoms with E-state index < -0.39 is 0 Å². The SMILES string of the molecule is CCc1ccc(-c2cc(=O)[nH]c(-c3cccc(C)c3)n2)cc1N. The van der Waals surface area contributed by atoms with Gasteiger partial charge in [0.15, 0.2) is 0 Å². The molecule has 1 heterocycles. The maximum atomic E-state index is 12.0. The third-order valence-electron chi connectivity index (χ3n) is 3.86. The number of H-pyrrole nitrogens is 1. The average molecular weight is 305 g/mol. The number of aromatic nitrogens is 2. The molecule has 0 saturated heterocycles. The Kier molecular flexibility index (Phi) is 3.98. The van der Waals surface area contributed by atoms with Gasteiger partial charge >= 0.3 is 0 Å². The van der Waals surface area contributed by atoms with Gasteiger partial charge in [-0.3, -0.25) is 4.79 Å². The lowest BCUT2D eigenvalue weighted by molar-refractivity contribution is 1.12. The van der Waals surface area contributed by atoms with Gasteiger partial charge < -0.3 is 10.7 Å². The van der Waals surface area contributed by atoms with Gasteiger partial charge in [0.05, 0.1) is 5.69 Å². The first-order valence-electron chi connectivity index (χ1n) is 7.64. The molecule has 0 aliphatic heterocycles. The van der Waals surface area contributed by atoms with Crippen LogP contribution in [0.15, 0.2) is 53.3 Å². The highest BCUT2D eigenvalue weighted by atomic mass is 16.1. The molecular weight excluding hydrogens is 286 g/mol. The van der Waals surface area contributed by atoms with Crippen molar-refractivity contribution in [3.63, 3.8) is 0 Å². The quantitative estimate of drug-likeness (QED) is 0.727. The van der Waals surface area contributed by atoms with Crippen molar-refractivity contribution in [1.29, 1.82) is 0 Å². The van der Waals surface area contributed by atoms with Crippen molar-refractivity contribution in [1.82, 2.24) is 9.97 Å². The van der Waals surface area contributed by atoms with Crippen molar-refractivity contribution in [2.24, 2.45) is 0 Å². The van der Waals surface area contributed by atoms with Crippen LogP contribution >= 0.6 is 0 Å². The van der Waals surface area contributed by atoms with Crippen LogP contribution in [0.4, 0.5) is 5.69 Å². The maximum absolute atomic E-state index is 12.0. The fraction of sp³-hybridized carbons (Fsp3) is 0.158. The van der Waals surface area contributed by atoms with Gasteiger partial charge in [0, 0.05) is 22.9 Å². The van der Waals surface area contributed by atoms with Crippen LogP contribution in [0.2, 0.25) is 0 Å². The molecule has 2 aromatic carbocycles. The summed E-state index contributed by atoms with van der Waals surface area (Å²) in [6.07, 6.45) is 0.878. The number of nitrogen functional groups attached to an aromatic ring is 1. The van der Waals surface area contributed by atoms with Crippen LogP contribution in [0.3, 0.4) is 0 Å². The minimum atomic E-state index is -0.176. The van der Waals surface area contributed by atoms with Gasteiger partial charge in [-0.1, -0.05) is 42.8 Å². The van der Waals surface area contributed by atoms with Crippen LogP contribution in [0.1, 0.15) is 18.1 Å². The van der Waals surface area contributed by atoms with E-state index in [0.29, 0.717) is 11.5 Å². The molecule has 0 saturated carbocycles. The Morgan fingerprint density at radius 1 is 1.09 bits per heavy atom. The third-order valence-corrected chi connectivity index (χ3v) is 3.86. The number of rotatable bonds is 3. The van der Waals surface area contributed by atoms with Crippen molar-refractivity contribution in [2.75, 3.05) is 5.73 Å². The third kappa shape index (κ3) is 3.16. The Morgan fingerprint density at radius 3 is 2.61 bits per heavy atom. The summed E-state index contributed by atoms with van der Waals surface area (Å²) in [5, 5.41) is 0. The molecule has 3 rings (SSSR count). The lowest BCUT2D eigenvalue weighted by Crippen LogP contribution is -2.08. The molecule has 4 nitrogen and oxygen atoms in total. The van der Waals surface area contributed by atoms with Crippen LogP contribution in [0, 0.1) is 6.92 Å². The Bertz CT molecular complexity index is 912. The Labute approximate surface area is 135 Å². The van der Waals surface area contributed by atoms with Gasteiger partial charge in [-0.15, -0.1) is 0 Å². The van der Waals surface area contributed by atoms with Crippen LogP contribution in [0.5, 0.6) is 0 Å². The van der Waals surface area contributed by atoms with E-state index in [1.54, 1.807) is 0 Å². The topological polar surface area (TPSA) is 71.8 Å². The molecule has 4 heteroatoms. The Morgan fingerprint density at radius 2 is 1.91 bits per heavy atom. The van der Waals surface area contributed by atoms with Gasteiger partial charge in [-0.2, -0.15) is 0 Å². The number of nitrogens with zero attached hydrogens (tertiary/aromatic N) is 1. The van der Waals surface area contributed by atoms with Crippen molar-refractivity contribution < 1.29 is 0 Å². The number of hydrogen-bond donors (Lipinski definition) is 2. The highest BCUT2D eigenvalue weighted by molar-refractivity contribution is 5.68. The monoisotopic (exact) mass is 305 g/mol. The fourth-order valence-corrected chi connectivity index (χ4v) is 2.61. The molecule has 0 atom stereocenters. The molecule has 0 fully saturated rings. The normalized spacial score (nSPS) is 10.7. The van der Waals surface area contributed by atoms with Gasteiger partial charge in [0.25, 0.3) is 5.56 Å². The number of aryl methyl sites for hydroxylation is 2. The van der Waals surface area contributed by atoms with E-state index in [9.17, 15) is 4.79 Å². The van der Waals surface area contributed by atoms with Crippen molar-refractivity contribution in [2.45, 2.75) is 20.3 Å². The van der Waals surface area contributed by atoms with Gasteiger partial charge in [-0.25, -0.2) is 4.98 Å². The molecule has 0 spiro atoms. The number of aromatic amines is 1. The molecule has 0 bridgehead atoms. The van der Waals surface area contributed by atoms with Crippen LogP contribution in [-0.2, 0) is 6.42 Å². The maximum Gasteiger partial charge on any atom is 0.251 e. The van der Waals surface area contributed by atoms with E-state index in [1.165, 1.54) is 6.07 Å². The van der Waals surface area contributed by atoms with Gasteiger partial charge in [-0.05, 0) is 31.0 Å². The second-order valence-corrected chi connectivity index (χ2v) is 5.62. The van der Waals surface area contributed by atoms with E-state index in [0.717, 1.165) is 34.4 Å². The largest absolute Gasteiger partial charge is 0.398 e. The van der Waals surface area contributed by atoms with Crippen molar-refractivity contribution in [3.8, 4) is 22.6 Å². The second kappa shape index (κ2) is 6.08. The molecule has 1 aromatic heterocycles. The summed E-state index contributed by atoms with van der Waals surface area (Å²) in [4.78, 5) is 19.4. The Balaban J connectivity index is 2.11. The molecule has 3 aromatic rings. The molecular formula is C19H19N3O. The van der Waals surface area contributed by atoms with Gasteiger partial charge in [0.1, 0.15) is 5.82 Å². The summed E-state index contributed by atoms with van der Waals surface area (Å²) < 4.78 is 0. The van der Waals surface area contributed by atoms with Crippen LogP contribution in [-0.4, -0.2) is 9.97 Å². The zero-order chi connectivity index (χ0) is 16.4. The standard InChI is InChI=1S/C19H19N3O/c1-3-13-7-8-14(10-16(13)20)17-11-18(23)22-19(21-17)15-6-4-5-12(2)9-15/h4-11H,3,20H2,1-2H3,(H,21,22,23). The Hall–Kier alpha value is -2.88. The molecule has 0 radical (unpaired) electrons. The zero-order valence-corrected chi connectivity index (χ0v) is 13.3. The summed E-state index contributed by atoms with van der Waals surface area (Å²) >= 11 is 0. The fourth-order valence-electron chi connectivity index (χ4n) is 2.61.